The molecule has 148 valence electrons. The van der Waals surface area contributed by atoms with E-state index in [4.69, 9.17) is 4.74 Å². The van der Waals surface area contributed by atoms with Gasteiger partial charge < -0.3 is 9.64 Å². The molecule has 0 radical (unpaired) electrons. The first-order valence-electron chi connectivity index (χ1n) is 10.5. The van der Waals surface area contributed by atoms with Crippen LogP contribution in [0.3, 0.4) is 0 Å². The molecule has 5 nitrogen and oxygen atoms in total. The van der Waals surface area contributed by atoms with Gasteiger partial charge in [0.1, 0.15) is 5.75 Å². The number of hydrogen-bond acceptors (Lipinski definition) is 4. The fourth-order valence-corrected chi connectivity index (χ4v) is 4.85. The molecule has 2 atom stereocenters. The third-order valence-electron chi connectivity index (χ3n) is 6.27. The molecule has 2 unspecified atom stereocenters. The standard InChI is InChI=1S/C23H29N3O2/c1-2-3-4-5-13-28-20-8-9-23-21(15-20)22(16-26(23)24-17-27)18-10-12-25-11-6-7-19(25)14-18/h2,8-9,15-16,18-19H,1,3-7,10-14H2. The van der Waals surface area contributed by atoms with Gasteiger partial charge in [-0.2, -0.15) is 0 Å². The average molecular weight is 380 g/mol. The summed E-state index contributed by atoms with van der Waals surface area (Å²) in [5, 5.41) is 5.04. The number of aromatic nitrogens is 1. The second-order valence-corrected chi connectivity index (χ2v) is 7.99. The Morgan fingerprint density at radius 1 is 1.29 bits per heavy atom. The van der Waals surface area contributed by atoms with E-state index >= 15 is 0 Å². The van der Waals surface area contributed by atoms with Crippen LogP contribution in [0.1, 0.15) is 56.4 Å². The van der Waals surface area contributed by atoms with Gasteiger partial charge in [-0.1, -0.05) is 11.2 Å². The SMILES string of the molecule is C=CCCCCOc1ccc2c(c1)c(C1CCN3CCCC3C1)cn2N=C=O. The van der Waals surface area contributed by atoms with Crippen molar-refractivity contribution in [3.05, 3.63) is 42.6 Å². The number of fused-ring (bicyclic) bond motifs is 2. The molecular weight excluding hydrogens is 350 g/mol. The van der Waals surface area contributed by atoms with E-state index in [1.807, 2.05) is 24.4 Å². The molecule has 2 aromatic rings. The van der Waals surface area contributed by atoms with Crippen LogP contribution in [0.2, 0.25) is 0 Å². The minimum atomic E-state index is 0.507. The molecule has 0 amide bonds. The van der Waals surface area contributed by atoms with Crippen LogP contribution in [0.5, 0.6) is 5.75 Å². The van der Waals surface area contributed by atoms with Gasteiger partial charge >= 0.3 is 0 Å². The van der Waals surface area contributed by atoms with Crippen molar-refractivity contribution in [1.29, 1.82) is 0 Å². The third-order valence-corrected chi connectivity index (χ3v) is 6.27. The maximum absolute atomic E-state index is 10.9. The van der Waals surface area contributed by atoms with Gasteiger partial charge in [-0.05, 0) is 87.7 Å². The summed E-state index contributed by atoms with van der Waals surface area (Å²) in [5.41, 5.74) is 2.24. The zero-order valence-corrected chi connectivity index (χ0v) is 16.5. The number of allylic oxidation sites excluding steroid dienone is 1. The number of carbonyl (C=O) groups excluding carboxylic acids is 1. The van der Waals surface area contributed by atoms with Crippen molar-refractivity contribution in [2.75, 3.05) is 19.7 Å². The molecule has 0 N–H and O–H groups in total. The Bertz CT molecular complexity index is 881. The van der Waals surface area contributed by atoms with E-state index in [9.17, 15) is 4.79 Å². The van der Waals surface area contributed by atoms with Crippen LogP contribution in [0, 0.1) is 0 Å². The minimum Gasteiger partial charge on any atom is -0.494 e. The molecule has 28 heavy (non-hydrogen) atoms. The smallest absolute Gasteiger partial charge is 0.258 e. The van der Waals surface area contributed by atoms with E-state index < -0.39 is 0 Å². The lowest BCUT2D eigenvalue weighted by molar-refractivity contribution is 0.181. The fourth-order valence-electron chi connectivity index (χ4n) is 4.85. The number of benzene rings is 1. The van der Waals surface area contributed by atoms with Gasteiger partial charge in [-0.3, -0.25) is 0 Å². The lowest BCUT2D eigenvalue weighted by Gasteiger charge is -2.34. The quantitative estimate of drug-likeness (QED) is 0.286. The molecule has 2 aliphatic rings. The largest absolute Gasteiger partial charge is 0.494 e. The van der Waals surface area contributed by atoms with Crippen LogP contribution in [0.15, 0.2) is 42.2 Å². The van der Waals surface area contributed by atoms with Crippen LogP contribution in [-0.4, -0.2) is 41.4 Å². The van der Waals surface area contributed by atoms with Crippen LogP contribution < -0.4 is 4.74 Å². The number of rotatable bonds is 8. The Morgan fingerprint density at radius 2 is 2.21 bits per heavy atom. The van der Waals surface area contributed by atoms with E-state index in [1.54, 1.807) is 10.8 Å². The summed E-state index contributed by atoms with van der Waals surface area (Å²) >= 11 is 0. The zero-order valence-electron chi connectivity index (χ0n) is 16.5. The van der Waals surface area contributed by atoms with Crippen molar-refractivity contribution in [2.24, 2.45) is 5.10 Å². The summed E-state index contributed by atoms with van der Waals surface area (Å²) in [4.78, 5) is 13.5. The Kier molecular flexibility index (Phi) is 5.94. The van der Waals surface area contributed by atoms with Crippen molar-refractivity contribution >= 4 is 17.0 Å². The van der Waals surface area contributed by atoms with Crippen LogP contribution >= 0.6 is 0 Å². The number of hydrogen-bond donors (Lipinski definition) is 0. The maximum atomic E-state index is 10.9. The molecule has 4 rings (SSSR count). The normalized spacial score (nSPS) is 22.0. The Labute approximate surface area is 166 Å². The average Bonchev–Trinajstić information content (AvgIpc) is 3.32. The second-order valence-electron chi connectivity index (χ2n) is 7.99. The summed E-state index contributed by atoms with van der Waals surface area (Å²) in [6.45, 7) is 6.88. The highest BCUT2D eigenvalue weighted by atomic mass is 16.5. The van der Waals surface area contributed by atoms with Crippen molar-refractivity contribution in [1.82, 2.24) is 9.58 Å². The molecule has 5 heteroatoms. The first kappa shape index (κ1) is 19.0. The number of piperidine rings is 1. The molecule has 1 aromatic heterocycles. The number of ether oxygens (including phenoxy) is 1. The molecule has 2 fully saturated rings. The molecule has 2 saturated heterocycles. The van der Waals surface area contributed by atoms with Crippen LogP contribution in [-0.2, 0) is 4.79 Å². The number of nitrogens with zero attached hydrogens (tertiary/aromatic N) is 3. The molecule has 0 aliphatic carbocycles. The van der Waals surface area contributed by atoms with Gasteiger partial charge in [0.25, 0.3) is 6.08 Å². The van der Waals surface area contributed by atoms with Gasteiger partial charge in [0, 0.05) is 17.6 Å². The van der Waals surface area contributed by atoms with E-state index in [0.717, 1.165) is 42.3 Å². The highest BCUT2D eigenvalue weighted by Crippen LogP contribution is 2.40. The highest BCUT2D eigenvalue weighted by Gasteiger charge is 2.33. The summed E-state index contributed by atoms with van der Waals surface area (Å²) < 4.78 is 7.66. The summed E-state index contributed by atoms with van der Waals surface area (Å²) in [6.07, 6.45) is 13.8. The van der Waals surface area contributed by atoms with E-state index in [-0.39, 0.29) is 0 Å². The molecule has 2 aliphatic heterocycles. The Balaban J connectivity index is 1.58. The monoisotopic (exact) mass is 379 g/mol. The predicted molar refractivity (Wildman–Crippen MR) is 112 cm³/mol. The van der Waals surface area contributed by atoms with Crippen LogP contribution in [0.25, 0.3) is 10.9 Å². The molecule has 1 aromatic carbocycles. The molecule has 0 bridgehead atoms. The van der Waals surface area contributed by atoms with E-state index in [0.29, 0.717) is 18.6 Å². The topological polar surface area (TPSA) is 46.8 Å². The third kappa shape index (κ3) is 3.91. The van der Waals surface area contributed by atoms with E-state index in [1.165, 1.54) is 37.9 Å². The van der Waals surface area contributed by atoms with Gasteiger partial charge in [0.2, 0.25) is 0 Å². The van der Waals surface area contributed by atoms with Gasteiger partial charge in [-0.15, -0.1) is 6.58 Å². The van der Waals surface area contributed by atoms with Gasteiger partial charge in [0.15, 0.2) is 0 Å². The number of isocyanates is 1. The molecule has 0 spiro atoms. The zero-order chi connectivity index (χ0) is 19.3. The van der Waals surface area contributed by atoms with E-state index in [2.05, 4.69) is 22.6 Å². The highest BCUT2D eigenvalue weighted by molar-refractivity contribution is 5.86. The number of unbranched alkanes of at least 4 members (excludes halogenated alkanes) is 2. The maximum Gasteiger partial charge on any atom is 0.258 e. The van der Waals surface area contributed by atoms with Crippen molar-refractivity contribution < 1.29 is 9.53 Å². The molecule has 0 saturated carbocycles. The lowest BCUT2D eigenvalue weighted by Crippen LogP contribution is -2.37. The van der Waals surface area contributed by atoms with Crippen molar-refractivity contribution in [2.45, 2.75) is 56.9 Å². The van der Waals surface area contributed by atoms with Crippen LogP contribution in [0.4, 0.5) is 0 Å². The first-order valence-corrected chi connectivity index (χ1v) is 10.5. The Hall–Kier alpha value is -2.36. The van der Waals surface area contributed by atoms with Gasteiger partial charge in [-0.25, -0.2) is 9.47 Å². The predicted octanol–water partition coefficient (Wildman–Crippen LogP) is 4.82. The van der Waals surface area contributed by atoms with Crippen molar-refractivity contribution in [3.63, 3.8) is 0 Å². The fraction of sp³-hybridized carbons (Fsp3) is 0.522. The lowest BCUT2D eigenvalue weighted by atomic mass is 9.85. The summed E-state index contributed by atoms with van der Waals surface area (Å²) in [7, 11) is 0. The first-order chi connectivity index (χ1) is 13.8. The summed E-state index contributed by atoms with van der Waals surface area (Å²) in [5.74, 6) is 1.39. The van der Waals surface area contributed by atoms with Crippen molar-refractivity contribution in [3.8, 4) is 5.75 Å². The Morgan fingerprint density at radius 3 is 3.07 bits per heavy atom. The van der Waals surface area contributed by atoms with Gasteiger partial charge in [0.05, 0.1) is 12.1 Å². The minimum absolute atomic E-state index is 0.507. The molecule has 3 heterocycles. The molecular formula is C23H29N3O2. The summed E-state index contributed by atoms with van der Waals surface area (Å²) in [6, 6.07) is 6.80. The second kappa shape index (κ2) is 8.76.